The van der Waals surface area contributed by atoms with Gasteiger partial charge < -0.3 is 25.2 Å². The normalized spacial score (nSPS) is 14.4. The fourth-order valence-corrected chi connectivity index (χ4v) is 4.32. The number of carbonyl (C=O) groups is 3. The van der Waals surface area contributed by atoms with E-state index in [1.54, 1.807) is 6.92 Å². The highest BCUT2D eigenvalue weighted by atomic mass is 16.5. The Bertz CT molecular complexity index is 1020. The summed E-state index contributed by atoms with van der Waals surface area (Å²) in [5, 5.41) is 14.3. The Kier molecular flexibility index (Phi) is 8.51. The van der Waals surface area contributed by atoms with Gasteiger partial charge in [-0.2, -0.15) is 0 Å². The molecule has 0 aromatic heterocycles. The van der Waals surface area contributed by atoms with E-state index in [1.807, 2.05) is 50.2 Å². The van der Waals surface area contributed by atoms with Crippen molar-refractivity contribution in [3.63, 3.8) is 0 Å². The maximum absolute atomic E-state index is 12.9. The Hall–Kier alpha value is -3.39. The van der Waals surface area contributed by atoms with E-state index in [0.717, 1.165) is 22.3 Å². The highest BCUT2D eigenvalue weighted by Crippen LogP contribution is 2.44. The molecule has 0 aliphatic heterocycles. The molecule has 0 fully saturated rings. The smallest absolute Gasteiger partial charge is 0.407 e. The van der Waals surface area contributed by atoms with Crippen molar-refractivity contribution >= 4 is 18.0 Å². The Morgan fingerprint density at radius 1 is 1.00 bits per heavy atom. The van der Waals surface area contributed by atoms with Gasteiger partial charge >= 0.3 is 12.1 Å². The molecular formula is C27H34N2O6. The van der Waals surface area contributed by atoms with E-state index in [0.29, 0.717) is 0 Å². The molecule has 3 N–H and O–H groups in total. The summed E-state index contributed by atoms with van der Waals surface area (Å²) in [4.78, 5) is 36.5. The van der Waals surface area contributed by atoms with Gasteiger partial charge in [-0.05, 0) is 49.4 Å². The summed E-state index contributed by atoms with van der Waals surface area (Å²) in [6.45, 7) is 5.50. The second-order valence-corrected chi connectivity index (χ2v) is 9.53. The molecule has 2 atom stereocenters. The standard InChI is InChI=1S/C27H34N2O6/c1-17(13-14-24(30)31)28-25(32)23(15-27(2,3)34-4)29-26(33)35-16-22-20-11-7-5-9-18(20)19-10-6-8-12-21(19)22/h5-12,17,22-23H,13-16H2,1-4H3,(H,28,32)(H,29,33)(H,30,31). The largest absolute Gasteiger partial charge is 0.481 e. The minimum absolute atomic E-state index is 0.0600. The van der Waals surface area contributed by atoms with E-state index in [2.05, 4.69) is 22.8 Å². The average molecular weight is 483 g/mol. The Morgan fingerprint density at radius 3 is 2.11 bits per heavy atom. The number of carboxylic acids is 1. The van der Waals surface area contributed by atoms with Crippen LogP contribution in [0.4, 0.5) is 4.79 Å². The monoisotopic (exact) mass is 482 g/mol. The average Bonchev–Trinajstić information content (AvgIpc) is 3.14. The van der Waals surface area contributed by atoms with Crippen molar-refractivity contribution in [2.75, 3.05) is 13.7 Å². The van der Waals surface area contributed by atoms with Crippen molar-refractivity contribution in [1.29, 1.82) is 0 Å². The summed E-state index contributed by atoms with van der Waals surface area (Å²) in [6.07, 6.45) is -0.260. The molecular weight excluding hydrogens is 448 g/mol. The number of fused-ring (bicyclic) bond motifs is 3. The lowest BCUT2D eigenvalue weighted by atomic mass is 9.97. The predicted molar refractivity (Wildman–Crippen MR) is 132 cm³/mol. The molecule has 188 valence electrons. The lowest BCUT2D eigenvalue weighted by molar-refractivity contribution is -0.137. The Balaban J connectivity index is 1.66. The summed E-state index contributed by atoms with van der Waals surface area (Å²) in [5.74, 6) is -1.44. The van der Waals surface area contributed by atoms with Crippen LogP contribution in [0.2, 0.25) is 0 Å². The second kappa shape index (κ2) is 11.4. The molecule has 1 aliphatic rings. The van der Waals surface area contributed by atoms with Gasteiger partial charge in [0.2, 0.25) is 5.91 Å². The Morgan fingerprint density at radius 2 is 1.57 bits per heavy atom. The predicted octanol–water partition coefficient (Wildman–Crippen LogP) is 4.08. The zero-order valence-corrected chi connectivity index (χ0v) is 20.7. The molecule has 2 aromatic carbocycles. The molecule has 0 saturated carbocycles. The molecule has 0 heterocycles. The lowest BCUT2D eigenvalue weighted by Crippen LogP contribution is -2.52. The van der Waals surface area contributed by atoms with E-state index >= 15 is 0 Å². The van der Waals surface area contributed by atoms with Gasteiger partial charge in [0.05, 0.1) is 5.60 Å². The molecule has 0 radical (unpaired) electrons. The molecule has 0 bridgehead atoms. The topological polar surface area (TPSA) is 114 Å². The minimum Gasteiger partial charge on any atom is -0.481 e. The SMILES string of the molecule is COC(C)(C)CC(NC(=O)OCC1c2ccccc2-c2ccccc21)C(=O)NC(C)CCC(=O)O. The zero-order valence-electron chi connectivity index (χ0n) is 20.7. The number of alkyl carbamates (subject to hydrolysis) is 1. The molecule has 0 saturated heterocycles. The third kappa shape index (κ3) is 6.82. The van der Waals surface area contributed by atoms with E-state index < -0.39 is 29.6 Å². The fraction of sp³-hybridized carbons (Fsp3) is 0.444. The van der Waals surface area contributed by atoms with Crippen LogP contribution in [0.1, 0.15) is 57.1 Å². The van der Waals surface area contributed by atoms with Gasteiger partial charge in [-0.15, -0.1) is 0 Å². The first-order valence-corrected chi connectivity index (χ1v) is 11.8. The molecule has 0 spiro atoms. The number of nitrogens with one attached hydrogen (secondary N) is 2. The van der Waals surface area contributed by atoms with Crippen molar-refractivity contribution in [2.24, 2.45) is 0 Å². The summed E-state index contributed by atoms with van der Waals surface area (Å²) >= 11 is 0. The first-order valence-electron chi connectivity index (χ1n) is 11.8. The van der Waals surface area contributed by atoms with E-state index in [9.17, 15) is 14.4 Å². The van der Waals surface area contributed by atoms with Crippen molar-refractivity contribution in [3.8, 4) is 11.1 Å². The number of amides is 2. The van der Waals surface area contributed by atoms with Crippen LogP contribution in [0.3, 0.4) is 0 Å². The van der Waals surface area contributed by atoms with E-state index in [-0.39, 0.29) is 37.8 Å². The number of methoxy groups -OCH3 is 1. The van der Waals surface area contributed by atoms with Gasteiger partial charge in [-0.25, -0.2) is 4.79 Å². The molecule has 2 aromatic rings. The number of ether oxygens (including phenoxy) is 2. The minimum atomic E-state index is -0.931. The first-order chi connectivity index (χ1) is 16.6. The highest BCUT2D eigenvalue weighted by molar-refractivity contribution is 5.86. The van der Waals surface area contributed by atoms with Crippen LogP contribution in [0.5, 0.6) is 0 Å². The molecule has 1 aliphatic carbocycles. The summed E-state index contributed by atoms with van der Waals surface area (Å²) in [6, 6.07) is 14.8. The number of hydrogen-bond donors (Lipinski definition) is 3. The number of carbonyl (C=O) groups excluding carboxylic acids is 2. The van der Waals surface area contributed by atoms with Crippen LogP contribution in [0, 0.1) is 0 Å². The Labute approximate surface area is 206 Å². The zero-order chi connectivity index (χ0) is 25.6. The summed E-state index contributed by atoms with van der Waals surface area (Å²) in [5.41, 5.74) is 3.79. The molecule has 8 heteroatoms. The fourth-order valence-electron chi connectivity index (χ4n) is 4.32. The number of carboxylic acid groups (broad SMARTS) is 1. The van der Waals surface area contributed by atoms with Gasteiger partial charge in [0.15, 0.2) is 0 Å². The van der Waals surface area contributed by atoms with Gasteiger partial charge in [-0.3, -0.25) is 9.59 Å². The van der Waals surface area contributed by atoms with Gasteiger partial charge in [0.1, 0.15) is 12.6 Å². The number of aliphatic carboxylic acids is 1. The molecule has 2 unspecified atom stereocenters. The molecule has 2 amide bonds. The van der Waals surface area contributed by atoms with Gasteiger partial charge in [-0.1, -0.05) is 48.5 Å². The molecule has 35 heavy (non-hydrogen) atoms. The van der Waals surface area contributed by atoms with Crippen molar-refractivity contribution in [1.82, 2.24) is 10.6 Å². The maximum Gasteiger partial charge on any atom is 0.407 e. The van der Waals surface area contributed by atoms with Crippen molar-refractivity contribution < 1.29 is 29.0 Å². The van der Waals surface area contributed by atoms with Crippen LogP contribution in [-0.4, -0.2) is 54.5 Å². The van der Waals surface area contributed by atoms with Crippen LogP contribution in [0.15, 0.2) is 48.5 Å². The number of benzene rings is 2. The highest BCUT2D eigenvalue weighted by Gasteiger charge is 2.32. The number of hydrogen-bond acceptors (Lipinski definition) is 5. The quantitative estimate of drug-likeness (QED) is 0.445. The first kappa shape index (κ1) is 26.2. The van der Waals surface area contributed by atoms with Gasteiger partial charge in [0.25, 0.3) is 0 Å². The van der Waals surface area contributed by atoms with Crippen LogP contribution in [-0.2, 0) is 19.1 Å². The van der Waals surface area contributed by atoms with Crippen LogP contribution in [0.25, 0.3) is 11.1 Å². The van der Waals surface area contributed by atoms with Crippen molar-refractivity contribution in [3.05, 3.63) is 59.7 Å². The molecule has 3 rings (SSSR count). The van der Waals surface area contributed by atoms with Crippen LogP contribution < -0.4 is 10.6 Å². The van der Waals surface area contributed by atoms with Crippen LogP contribution >= 0.6 is 0 Å². The summed E-state index contributed by atoms with van der Waals surface area (Å²) in [7, 11) is 1.54. The molecule has 8 nitrogen and oxygen atoms in total. The third-order valence-electron chi connectivity index (χ3n) is 6.38. The van der Waals surface area contributed by atoms with E-state index in [4.69, 9.17) is 14.6 Å². The van der Waals surface area contributed by atoms with Crippen molar-refractivity contribution in [2.45, 2.75) is 63.6 Å². The third-order valence-corrected chi connectivity index (χ3v) is 6.38. The van der Waals surface area contributed by atoms with Gasteiger partial charge in [0, 0.05) is 31.9 Å². The maximum atomic E-state index is 12.9. The second-order valence-electron chi connectivity index (χ2n) is 9.53. The number of rotatable bonds is 11. The lowest BCUT2D eigenvalue weighted by Gasteiger charge is -2.29. The summed E-state index contributed by atoms with van der Waals surface area (Å²) < 4.78 is 11.1. The van der Waals surface area contributed by atoms with E-state index in [1.165, 1.54) is 7.11 Å².